The fourth-order valence-corrected chi connectivity index (χ4v) is 3.92. The van der Waals surface area contributed by atoms with E-state index in [2.05, 4.69) is 20.7 Å². The highest BCUT2D eigenvalue weighted by molar-refractivity contribution is 9.10. The van der Waals surface area contributed by atoms with Crippen molar-refractivity contribution in [3.05, 3.63) is 22.4 Å². The van der Waals surface area contributed by atoms with Gasteiger partial charge in [-0.25, -0.2) is 17.5 Å². The van der Waals surface area contributed by atoms with Crippen LogP contribution in [0.1, 0.15) is 13.3 Å². The third kappa shape index (κ3) is 3.37. The molecule has 9 heteroatoms. The number of rotatable bonds is 4. The van der Waals surface area contributed by atoms with Crippen LogP contribution in [0.5, 0.6) is 0 Å². The largest absolute Gasteiger partial charge is 0.399 e. The average Bonchev–Trinajstić information content (AvgIpc) is 2.72. The lowest BCUT2D eigenvalue weighted by Gasteiger charge is -2.26. The molecule has 0 spiro atoms. The summed E-state index contributed by atoms with van der Waals surface area (Å²) < 4.78 is 45.7. The molecule has 1 fully saturated rings. The predicted molar refractivity (Wildman–Crippen MR) is 78.7 cm³/mol. The molecule has 2 unspecified atom stereocenters. The number of nitrogens with one attached hydrogen (secondary N) is 1. The molecule has 21 heavy (non-hydrogen) atoms. The van der Waals surface area contributed by atoms with Gasteiger partial charge in [-0.3, -0.25) is 0 Å². The molecule has 6 nitrogen and oxygen atoms in total. The maximum absolute atomic E-state index is 13.9. The summed E-state index contributed by atoms with van der Waals surface area (Å²) in [6.07, 6.45) is -0.197. The minimum atomic E-state index is -4.14. The summed E-state index contributed by atoms with van der Waals surface area (Å²) >= 11 is 2.91. The summed E-state index contributed by atoms with van der Waals surface area (Å²) in [5.41, 5.74) is 4.34. The van der Waals surface area contributed by atoms with E-state index in [0.29, 0.717) is 13.0 Å². The maximum atomic E-state index is 13.9. The summed E-state index contributed by atoms with van der Waals surface area (Å²) in [7, 11) is -4.14. The molecular weight excluding hydrogens is 367 g/mol. The topological polar surface area (TPSA) is 102 Å². The smallest absolute Gasteiger partial charge is 0.243 e. The Balaban J connectivity index is 2.24. The lowest BCUT2D eigenvalue weighted by molar-refractivity contribution is -0.0228. The van der Waals surface area contributed by atoms with E-state index in [-0.39, 0.29) is 16.7 Å². The minimum absolute atomic E-state index is 0.0424. The van der Waals surface area contributed by atoms with Crippen LogP contribution < -0.4 is 10.5 Å². The van der Waals surface area contributed by atoms with Crippen LogP contribution >= 0.6 is 15.9 Å². The van der Waals surface area contributed by atoms with E-state index in [1.54, 1.807) is 6.92 Å². The number of halogens is 2. The van der Waals surface area contributed by atoms with Crippen LogP contribution in [0.2, 0.25) is 0 Å². The van der Waals surface area contributed by atoms with Crippen LogP contribution in [0.15, 0.2) is 21.5 Å². The van der Waals surface area contributed by atoms with Gasteiger partial charge in [0.25, 0.3) is 0 Å². The molecule has 1 aliphatic rings. The van der Waals surface area contributed by atoms with Crippen LogP contribution in [0.3, 0.4) is 0 Å². The zero-order chi connectivity index (χ0) is 15.8. The first-order valence-electron chi connectivity index (χ1n) is 6.24. The predicted octanol–water partition coefficient (Wildman–Crippen LogP) is 0.989. The second kappa shape index (κ2) is 5.81. The molecule has 0 amide bonds. The van der Waals surface area contributed by atoms with E-state index in [4.69, 9.17) is 10.5 Å². The number of aliphatic hydroxyl groups is 1. The standard InChI is InChI=1S/C12H16BrFN2O4S/c1-7-12(17,2-3-20-7)6-16-21(18,19)10-5-8(15)4-9(13)11(10)14/h4-5,7,16-17H,2-3,6,15H2,1H3. The lowest BCUT2D eigenvalue weighted by atomic mass is 9.97. The summed E-state index contributed by atoms with van der Waals surface area (Å²) in [5, 5.41) is 10.3. The molecule has 0 aliphatic carbocycles. The van der Waals surface area contributed by atoms with Crippen molar-refractivity contribution >= 4 is 31.6 Å². The number of nitrogen functional groups attached to an aromatic ring is 1. The van der Waals surface area contributed by atoms with E-state index in [0.717, 1.165) is 6.07 Å². The number of nitrogens with two attached hydrogens (primary N) is 1. The second-order valence-electron chi connectivity index (χ2n) is 5.01. The van der Waals surface area contributed by atoms with E-state index >= 15 is 0 Å². The lowest BCUT2D eigenvalue weighted by Crippen LogP contribution is -2.47. The van der Waals surface area contributed by atoms with Crippen molar-refractivity contribution in [3.8, 4) is 0 Å². The Labute approximate surface area is 130 Å². The Hall–Kier alpha value is -0.740. The van der Waals surface area contributed by atoms with Crippen molar-refractivity contribution in [2.75, 3.05) is 18.9 Å². The molecule has 0 saturated carbocycles. The van der Waals surface area contributed by atoms with Gasteiger partial charge in [0, 0.05) is 25.3 Å². The first-order chi connectivity index (χ1) is 9.66. The second-order valence-corrected chi connectivity index (χ2v) is 7.60. The Morgan fingerprint density at radius 1 is 1.62 bits per heavy atom. The van der Waals surface area contributed by atoms with Crippen LogP contribution in [0.25, 0.3) is 0 Å². The first kappa shape index (κ1) is 16.6. The van der Waals surface area contributed by atoms with Gasteiger partial charge in [-0.15, -0.1) is 0 Å². The van der Waals surface area contributed by atoms with E-state index in [1.807, 2.05) is 0 Å². The molecule has 2 rings (SSSR count). The van der Waals surface area contributed by atoms with Crippen molar-refractivity contribution in [1.82, 2.24) is 4.72 Å². The van der Waals surface area contributed by atoms with Gasteiger partial charge in [0.1, 0.15) is 10.5 Å². The number of ether oxygens (including phenoxy) is 1. The SMILES string of the molecule is CC1OCCC1(O)CNS(=O)(=O)c1cc(N)cc(Br)c1F. The summed E-state index contributed by atoms with van der Waals surface area (Å²) in [5.74, 6) is -0.931. The van der Waals surface area contributed by atoms with Gasteiger partial charge >= 0.3 is 0 Å². The molecule has 4 N–H and O–H groups in total. The van der Waals surface area contributed by atoms with Gasteiger partial charge in [0.2, 0.25) is 10.0 Å². The molecule has 2 atom stereocenters. The van der Waals surface area contributed by atoms with E-state index < -0.39 is 32.4 Å². The number of hydrogen-bond donors (Lipinski definition) is 3. The van der Waals surface area contributed by atoms with Gasteiger partial charge in [-0.2, -0.15) is 0 Å². The minimum Gasteiger partial charge on any atom is -0.399 e. The molecule has 1 aromatic rings. The molecule has 0 bridgehead atoms. The Kier molecular flexibility index (Phi) is 4.60. The summed E-state index contributed by atoms with van der Waals surface area (Å²) in [6.45, 7) is 1.74. The molecule has 118 valence electrons. The zero-order valence-corrected chi connectivity index (χ0v) is 13.7. The first-order valence-corrected chi connectivity index (χ1v) is 8.51. The quantitative estimate of drug-likeness (QED) is 0.673. The Morgan fingerprint density at radius 3 is 2.86 bits per heavy atom. The number of anilines is 1. The molecular formula is C12H16BrFN2O4S. The molecule has 0 aromatic heterocycles. The van der Waals surface area contributed by atoms with Crippen LogP contribution in [0, 0.1) is 5.82 Å². The number of hydrogen-bond acceptors (Lipinski definition) is 5. The fraction of sp³-hybridized carbons (Fsp3) is 0.500. The maximum Gasteiger partial charge on any atom is 0.243 e. The third-order valence-electron chi connectivity index (χ3n) is 3.53. The van der Waals surface area contributed by atoms with Crippen LogP contribution in [-0.2, 0) is 14.8 Å². The zero-order valence-electron chi connectivity index (χ0n) is 11.3. The van der Waals surface area contributed by atoms with Crippen molar-refractivity contribution in [2.45, 2.75) is 29.9 Å². The number of sulfonamides is 1. The summed E-state index contributed by atoms with van der Waals surface area (Å²) in [6, 6.07) is 2.30. The highest BCUT2D eigenvalue weighted by atomic mass is 79.9. The van der Waals surface area contributed by atoms with Crippen molar-refractivity contribution in [1.29, 1.82) is 0 Å². The molecule has 1 heterocycles. The van der Waals surface area contributed by atoms with Crippen molar-refractivity contribution < 1.29 is 22.7 Å². The monoisotopic (exact) mass is 382 g/mol. The van der Waals surface area contributed by atoms with Crippen LogP contribution in [0.4, 0.5) is 10.1 Å². The van der Waals surface area contributed by atoms with Gasteiger partial charge in [0.15, 0.2) is 5.82 Å². The third-order valence-corrected chi connectivity index (χ3v) is 5.51. The molecule has 1 aromatic carbocycles. The molecule has 0 radical (unpaired) electrons. The Bertz CT molecular complexity index is 655. The van der Waals surface area contributed by atoms with Gasteiger partial charge in [-0.1, -0.05) is 0 Å². The van der Waals surface area contributed by atoms with Crippen molar-refractivity contribution in [3.63, 3.8) is 0 Å². The van der Waals surface area contributed by atoms with Gasteiger partial charge in [0.05, 0.1) is 10.6 Å². The van der Waals surface area contributed by atoms with E-state index in [1.165, 1.54) is 6.07 Å². The van der Waals surface area contributed by atoms with E-state index in [9.17, 15) is 17.9 Å². The normalized spacial score (nSPS) is 26.2. The van der Waals surface area contributed by atoms with Crippen molar-refractivity contribution in [2.24, 2.45) is 0 Å². The highest BCUT2D eigenvalue weighted by Gasteiger charge is 2.40. The van der Waals surface area contributed by atoms with Crippen LogP contribution in [-0.4, -0.2) is 38.4 Å². The van der Waals surface area contributed by atoms with Gasteiger partial charge in [-0.05, 0) is 35.0 Å². The fourth-order valence-electron chi connectivity index (χ4n) is 2.08. The summed E-state index contributed by atoms with van der Waals surface area (Å²) in [4.78, 5) is -0.565. The highest BCUT2D eigenvalue weighted by Crippen LogP contribution is 2.28. The average molecular weight is 383 g/mol. The molecule has 1 aliphatic heterocycles. The Morgan fingerprint density at radius 2 is 2.29 bits per heavy atom. The number of benzene rings is 1. The van der Waals surface area contributed by atoms with Gasteiger partial charge < -0.3 is 15.6 Å². The molecule has 1 saturated heterocycles.